The number of rotatable bonds is 2. The van der Waals surface area contributed by atoms with Gasteiger partial charge in [-0.3, -0.25) is 0 Å². The summed E-state index contributed by atoms with van der Waals surface area (Å²) >= 11 is 3.11. The summed E-state index contributed by atoms with van der Waals surface area (Å²) in [5.41, 5.74) is 1.04. The lowest BCUT2D eigenvalue weighted by atomic mass is 10.2. The molecule has 0 amide bonds. The average molecular weight is 287 g/mol. The number of sulfone groups is 1. The van der Waals surface area contributed by atoms with Crippen molar-refractivity contribution >= 4 is 25.8 Å². The van der Waals surface area contributed by atoms with Crippen LogP contribution in [0.3, 0.4) is 0 Å². The number of hydrogen-bond acceptors (Lipinski definition) is 2. The van der Waals surface area contributed by atoms with Crippen molar-refractivity contribution in [2.24, 2.45) is 0 Å². The van der Waals surface area contributed by atoms with Crippen LogP contribution in [0, 0.1) is 18.8 Å². The summed E-state index contributed by atoms with van der Waals surface area (Å²) in [5.74, 6) is 5.15. The van der Waals surface area contributed by atoms with Crippen molar-refractivity contribution in [1.29, 1.82) is 0 Å². The molecule has 0 saturated heterocycles. The summed E-state index contributed by atoms with van der Waals surface area (Å²) in [6.07, 6.45) is 0. The molecule has 0 atom stereocenters. The van der Waals surface area contributed by atoms with E-state index in [1.807, 2.05) is 6.92 Å². The number of alkyl halides is 1. The van der Waals surface area contributed by atoms with E-state index in [1.54, 1.807) is 24.3 Å². The molecular weight excluding hydrogens is 276 g/mol. The maximum Gasteiger partial charge on any atom is 0.189 e. The molecule has 4 heteroatoms. The molecule has 80 valence electrons. The summed E-state index contributed by atoms with van der Waals surface area (Å²) in [6.45, 7) is 1.92. The highest BCUT2D eigenvalue weighted by Gasteiger charge is 2.11. The second-order valence-corrected chi connectivity index (χ2v) is 5.61. The van der Waals surface area contributed by atoms with E-state index >= 15 is 0 Å². The first-order chi connectivity index (χ1) is 7.06. The van der Waals surface area contributed by atoms with Crippen molar-refractivity contribution in [2.75, 3.05) is 11.1 Å². The molecule has 0 heterocycles. The number of aryl methyl sites for hydroxylation is 1. The average Bonchev–Trinajstić information content (AvgIpc) is 2.18. The van der Waals surface area contributed by atoms with Crippen LogP contribution in [0.5, 0.6) is 0 Å². The molecule has 0 unspecified atom stereocenters. The van der Waals surface area contributed by atoms with E-state index in [0.29, 0.717) is 10.2 Å². The molecule has 0 bridgehead atoms. The summed E-state index contributed by atoms with van der Waals surface area (Å²) in [7, 11) is -3.24. The van der Waals surface area contributed by atoms with Gasteiger partial charge in [-0.2, -0.15) is 0 Å². The lowest BCUT2D eigenvalue weighted by Crippen LogP contribution is -2.04. The Labute approximate surface area is 98.7 Å². The number of hydrogen-bond donors (Lipinski definition) is 0. The molecule has 1 aromatic rings. The molecule has 0 radical (unpaired) electrons. The molecule has 0 spiro atoms. The summed E-state index contributed by atoms with van der Waals surface area (Å²) in [5, 5.41) is 0.496. The van der Waals surface area contributed by atoms with Gasteiger partial charge in [-0.15, -0.1) is 0 Å². The van der Waals surface area contributed by atoms with E-state index in [4.69, 9.17) is 0 Å². The van der Waals surface area contributed by atoms with Gasteiger partial charge < -0.3 is 0 Å². The predicted molar refractivity (Wildman–Crippen MR) is 64.8 cm³/mol. The molecule has 15 heavy (non-hydrogen) atoms. The van der Waals surface area contributed by atoms with Gasteiger partial charge in [-0.1, -0.05) is 45.5 Å². The fourth-order valence-corrected chi connectivity index (χ4v) is 2.23. The Kier molecular flexibility index (Phi) is 4.37. The van der Waals surface area contributed by atoms with Gasteiger partial charge in [0, 0.05) is 0 Å². The highest BCUT2D eigenvalue weighted by molar-refractivity contribution is 9.09. The summed E-state index contributed by atoms with van der Waals surface area (Å²) in [4.78, 5) is 0.331. The van der Waals surface area contributed by atoms with Crippen LogP contribution >= 0.6 is 15.9 Å². The second kappa shape index (κ2) is 5.34. The minimum atomic E-state index is -3.24. The predicted octanol–water partition coefficient (Wildman–Crippen LogP) is 2.17. The van der Waals surface area contributed by atoms with E-state index in [9.17, 15) is 8.42 Å². The quantitative estimate of drug-likeness (QED) is 0.617. The van der Waals surface area contributed by atoms with Gasteiger partial charge in [0.25, 0.3) is 0 Å². The van der Waals surface area contributed by atoms with Gasteiger partial charge >= 0.3 is 0 Å². The van der Waals surface area contributed by atoms with Crippen molar-refractivity contribution < 1.29 is 8.42 Å². The Morgan fingerprint density at radius 1 is 1.20 bits per heavy atom. The van der Waals surface area contributed by atoms with Crippen LogP contribution in [0.1, 0.15) is 5.56 Å². The van der Waals surface area contributed by atoms with Crippen LogP contribution in [0.25, 0.3) is 0 Å². The van der Waals surface area contributed by atoms with Gasteiger partial charge in [0.15, 0.2) is 9.84 Å². The third-order valence-electron chi connectivity index (χ3n) is 1.83. The van der Waals surface area contributed by atoms with Crippen molar-refractivity contribution in [3.63, 3.8) is 0 Å². The molecule has 0 aliphatic carbocycles. The van der Waals surface area contributed by atoms with Crippen molar-refractivity contribution in [3.8, 4) is 11.8 Å². The standard InChI is InChI=1S/C11H11BrO2S/c1-10-4-6-11(7-5-10)15(13,14)9-3-2-8-12/h4-7H,8-9H2,1H3. The van der Waals surface area contributed by atoms with Crippen molar-refractivity contribution in [3.05, 3.63) is 29.8 Å². The number of benzene rings is 1. The smallest absolute Gasteiger partial charge is 0.189 e. The Bertz CT molecular complexity index is 478. The zero-order chi connectivity index (χ0) is 11.3. The minimum absolute atomic E-state index is 0.123. The molecule has 0 aliphatic heterocycles. The molecule has 0 fully saturated rings. The summed E-state index contributed by atoms with van der Waals surface area (Å²) < 4.78 is 23.4. The highest BCUT2D eigenvalue weighted by atomic mass is 79.9. The highest BCUT2D eigenvalue weighted by Crippen LogP contribution is 2.11. The first-order valence-electron chi connectivity index (χ1n) is 4.37. The fourth-order valence-electron chi connectivity index (χ4n) is 1.02. The lowest BCUT2D eigenvalue weighted by Gasteiger charge is -2.00. The van der Waals surface area contributed by atoms with Gasteiger partial charge in [-0.25, -0.2) is 8.42 Å². The second-order valence-electron chi connectivity index (χ2n) is 3.06. The maximum absolute atomic E-state index is 11.7. The first kappa shape index (κ1) is 12.3. The fraction of sp³-hybridized carbons (Fsp3) is 0.273. The zero-order valence-corrected chi connectivity index (χ0v) is 10.7. The first-order valence-corrected chi connectivity index (χ1v) is 7.15. The summed E-state index contributed by atoms with van der Waals surface area (Å²) in [6, 6.07) is 6.79. The third-order valence-corrected chi connectivity index (χ3v) is 3.63. The normalized spacial score (nSPS) is 10.5. The molecule has 0 aromatic heterocycles. The largest absolute Gasteiger partial charge is 0.223 e. The zero-order valence-electron chi connectivity index (χ0n) is 8.33. The van der Waals surface area contributed by atoms with Crippen LogP contribution in [0.4, 0.5) is 0 Å². The van der Waals surface area contributed by atoms with Gasteiger partial charge in [0.1, 0.15) is 5.75 Å². The topological polar surface area (TPSA) is 34.1 Å². The third kappa shape index (κ3) is 3.69. The molecule has 0 aliphatic rings. The molecule has 0 saturated carbocycles. The Morgan fingerprint density at radius 3 is 2.33 bits per heavy atom. The Hall–Kier alpha value is -0.790. The Balaban J connectivity index is 2.91. The van der Waals surface area contributed by atoms with E-state index in [-0.39, 0.29) is 5.75 Å². The molecule has 2 nitrogen and oxygen atoms in total. The van der Waals surface area contributed by atoms with E-state index < -0.39 is 9.84 Å². The van der Waals surface area contributed by atoms with Crippen molar-refractivity contribution in [1.82, 2.24) is 0 Å². The van der Waals surface area contributed by atoms with E-state index in [0.717, 1.165) is 5.56 Å². The van der Waals surface area contributed by atoms with Crippen molar-refractivity contribution in [2.45, 2.75) is 11.8 Å². The molecular formula is C11H11BrO2S. The van der Waals surface area contributed by atoms with Crippen LogP contribution < -0.4 is 0 Å². The van der Waals surface area contributed by atoms with Gasteiger partial charge in [-0.05, 0) is 19.1 Å². The monoisotopic (exact) mass is 286 g/mol. The van der Waals surface area contributed by atoms with Gasteiger partial charge in [0.05, 0.1) is 10.2 Å². The van der Waals surface area contributed by atoms with Crippen LogP contribution in [-0.2, 0) is 9.84 Å². The van der Waals surface area contributed by atoms with Crippen LogP contribution in [0.15, 0.2) is 29.2 Å². The number of halogens is 1. The Morgan fingerprint density at radius 2 is 1.80 bits per heavy atom. The SMILES string of the molecule is Cc1ccc(S(=O)(=O)CC#CCBr)cc1. The molecule has 1 rings (SSSR count). The van der Waals surface area contributed by atoms with Crippen LogP contribution in [-0.4, -0.2) is 19.5 Å². The van der Waals surface area contributed by atoms with E-state index in [2.05, 4.69) is 27.8 Å². The molecule has 0 N–H and O–H groups in total. The van der Waals surface area contributed by atoms with E-state index in [1.165, 1.54) is 0 Å². The van der Waals surface area contributed by atoms with Crippen LogP contribution in [0.2, 0.25) is 0 Å². The molecule has 1 aromatic carbocycles. The lowest BCUT2D eigenvalue weighted by molar-refractivity contribution is 0.599. The van der Waals surface area contributed by atoms with Gasteiger partial charge in [0.2, 0.25) is 0 Å². The minimum Gasteiger partial charge on any atom is -0.223 e. The maximum atomic E-state index is 11.7.